The summed E-state index contributed by atoms with van der Waals surface area (Å²) in [5.41, 5.74) is 2.06. The minimum absolute atomic E-state index is 0.248. The zero-order valence-corrected chi connectivity index (χ0v) is 10.7. The molecule has 2 rings (SSSR count). The number of aromatic nitrogens is 4. The second-order valence-corrected chi connectivity index (χ2v) is 5.54. The molecule has 0 spiro atoms. The van der Waals surface area contributed by atoms with Crippen molar-refractivity contribution in [3.05, 3.63) is 10.9 Å². The molecule has 92 valence electrons. The zero-order valence-electron chi connectivity index (χ0n) is 9.03. The maximum Gasteiger partial charge on any atom is 0.368 e. The smallest absolute Gasteiger partial charge is 0.292 e. The van der Waals surface area contributed by atoms with E-state index in [1.807, 2.05) is 0 Å². The van der Waals surface area contributed by atoms with Crippen LogP contribution >= 0.6 is 11.3 Å². The predicted molar refractivity (Wildman–Crippen MR) is 59.8 cm³/mol. The molecule has 6 nitrogen and oxygen atoms in total. The summed E-state index contributed by atoms with van der Waals surface area (Å²) >= 11 is 1.34. The first-order chi connectivity index (χ1) is 7.91. The van der Waals surface area contributed by atoms with E-state index >= 15 is 0 Å². The van der Waals surface area contributed by atoms with Crippen molar-refractivity contribution in [1.29, 1.82) is 0 Å². The van der Waals surface area contributed by atoms with Gasteiger partial charge in [-0.15, -0.1) is 21.5 Å². The Bertz CT molecular complexity index is 618. The quantitative estimate of drug-likeness (QED) is 0.796. The number of rotatable bonds is 3. The Morgan fingerprint density at radius 1 is 1.41 bits per heavy atom. The van der Waals surface area contributed by atoms with Gasteiger partial charge < -0.3 is 0 Å². The van der Waals surface area contributed by atoms with Gasteiger partial charge in [0.25, 0.3) is 5.16 Å². The maximum absolute atomic E-state index is 13.0. The molecule has 0 saturated carbocycles. The monoisotopic (exact) mass is 276 g/mol. The Kier molecular flexibility index (Phi) is 2.96. The zero-order chi connectivity index (χ0) is 12.6. The van der Waals surface area contributed by atoms with Gasteiger partial charge in [0, 0.05) is 11.4 Å². The van der Waals surface area contributed by atoms with Crippen LogP contribution in [0.2, 0.25) is 0 Å². The molecule has 0 amide bonds. The molecule has 0 N–H and O–H groups in total. The van der Waals surface area contributed by atoms with Crippen LogP contribution in [0.3, 0.4) is 0 Å². The lowest BCUT2D eigenvalue weighted by Crippen LogP contribution is -2.10. The summed E-state index contributed by atoms with van der Waals surface area (Å²) < 4.78 is 36.1. The second-order valence-electron chi connectivity index (χ2n) is 3.58. The van der Waals surface area contributed by atoms with E-state index in [4.69, 9.17) is 0 Å². The molecule has 0 aliphatic carbocycles. The minimum atomic E-state index is -4.88. The van der Waals surface area contributed by atoms with Crippen LogP contribution in [0.15, 0.2) is 16.0 Å². The Morgan fingerprint density at radius 2 is 2.12 bits per heavy atom. The van der Waals surface area contributed by atoms with E-state index in [0.29, 0.717) is 5.69 Å². The van der Waals surface area contributed by atoms with Crippen molar-refractivity contribution < 1.29 is 12.3 Å². The molecule has 0 aromatic carbocycles. The molecule has 0 saturated heterocycles. The molecule has 0 radical (unpaired) electrons. The summed E-state index contributed by atoms with van der Waals surface area (Å²) in [6.07, 6.45) is 0. The number of nitrogens with zero attached hydrogens (tertiary/aromatic N) is 4. The standard InChI is InChI=1S/C8H9FN4O2S2/c1-5(2)13-7(6-3-16-4-10-6)11-12-8(13)17(9,14)15/h3-5H,1-2H3. The summed E-state index contributed by atoms with van der Waals surface area (Å²) in [5.74, 6) is 0.248. The average Bonchev–Trinajstić information content (AvgIpc) is 2.84. The van der Waals surface area contributed by atoms with Gasteiger partial charge in [0.15, 0.2) is 5.82 Å². The molecule has 2 aromatic heterocycles. The lowest BCUT2D eigenvalue weighted by molar-refractivity contribution is 0.498. The van der Waals surface area contributed by atoms with Gasteiger partial charge in [0.05, 0.1) is 5.51 Å². The van der Waals surface area contributed by atoms with E-state index < -0.39 is 15.4 Å². The van der Waals surface area contributed by atoms with Gasteiger partial charge >= 0.3 is 10.2 Å². The van der Waals surface area contributed by atoms with Crippen molar-refractivity contribution >= 4 is 21.6 Å². The first kappa shape index (κ1) is 12.1. The van der Waals surface area contributed by atoms with Crippen LogP contribution < -0.4 is 0 Å². The Hall–Kier alpha value is -1.35. The third-order valence-corrected chi connectivity index (χ3v) is 3.36. The van der Waals surface area contributed by atoms with E-state index in [1.54, 1.807) is 24.7 Å². The van der Waals surface area contributed by atoms with Gasteiger partial charge in [0.2, 0.25) is 0 Å². The Morgan fingerprint density at radius 3 is 2.59 bits per heavy atom. The normalized spacial score (nSPS) is 12.2. The van der Waals surface area contributed by atoms with Crippen molar-refractivity contribution in [2.24, 2.45) is 0 Å². The average molecular weight is 276 g/mol. The number of halogens is 1. The molecule has 2 aromatic rings. The van der Waals surface area contributed by atoms with E-state index in [1.165, 1.54) is 15.9 Å². The molecule has 0 aliphatic rings. The lowest BCUT2D eigenvalue weighted by atomic mass is 10.3. The van der Waals surface area contributed by atoms with E-state index in [-0.39, 0.29) is 11.9 Å². The van der Waals surface area contributed by atoms with E-state index in [0.717, 1.165) is 0 Å². The molecule has 0 unspecified atom stereocenters. The summed E-state index contributed by atoms with van der Waals surface area (Å²) in [5, 5.41) is 8.07. The highest BCUT2D eigenvalue weighted by molar-refractivity contribution is 7.86. The van der Waals surface area contributed by atoms with E-state index in [2.05, 4.69) is 15.2 Å². The number of thiazole rings is 1. The fourth-order valence-corrected chi connectivity index (χ4v) is 2.61. The van der Waals surface area contributed by atoms with Gasteiger partial charge in [-0.2, -0.15) is 8.42 Å². The molecular weight excluding hydrogens is 267 g/mol. The van der Waals surface area contributed by atoms with Crippen molar-refractivity contribution in [3.8, 4) is 11.5 Å². The van der Waals surface area contributed by atoms with Gasteiger partial charge in [-0.1, -0.05) is 3.89 Å². The summed E-state index contributed by atoms with van der Waals surface area (Å²) in [4.78, 5) is 4.00. The molecule has 9 heteroatoms. The number of hydrogen-bond acceptors (Lipinski definition) is 6. The summed E-state index contributed by atoms with van der Waals surface area (Å²) in [6, 6.07) is -0.290. The van der Waals surface area contributed by atoms with Crippen LogP contribution in [0.1, 0.15) is 19.9 Å². The topological polar surface area (TPSA) is 77.7 Å². The highest BCUT2D eigenvalue weighted by Crippen LogP contribution is 2.25. The van der Waals surface area contributed by atoms with Crippen molar-refractivity contribution in [1.82, 2.24) is 19.7 Å². The van der Waals surface area contributed by atoms with E-state index in [9.17, 15) is 12.3 Å². The van der Waals surface area contributed by atoms with Crippen LogP contribution in [-0.2, 0) is 10.2 Å². The third kappa shape index (κ3) is 2.20. The molecule has 0 atom stereocenters. The first-order valence-corrected chi connectivity index (χ1v) is 7.02. The largest absolute Gasteiger partial charge is 0.368 e. The maximum atomic E-state index is 13.0. The van der Waals surface area contributed by atoms with Crippen LogP contribution in [0.25, 0.3) is 11.5 Å². The molecule has 0 fully saturated rings. The Balaban J connectivity index is 2.68. The van der Waals surface area contributed by atoms with Crippen LogP contribution in [0, 0.1) is 0 Å². The SMILES string of the molecule is CC(C)n1c(-c2cscn2)nnc1S(=O)(=O)F. The third-order valence-electron chi connectivity index (χ3n) is 2.06. The highest BCUT2D eigenvalue weighted by Gasteiger charge is 2.26. The van der Waals surface area contributed by atoms with Crippen molar-refractivity contribution in [3.63, 3.8) is 0 Å². The summed E-state index contributed by atoms with van der Waals surface area (Å²) in [6.45, 7) is 3.43. The van der Waals surface area contributed by atoms with Crippen LogP contribution in [0.5, 0.6) is 0 Å². The van der Waals surface area contributed by atoms with Gasteiger partial charge in [-0.05, 0) is 13.8 Å². The molecular formula is C8H9FN4O2S2. The first-order valence-electron chi connectivity index (χ1n) is 4.69. The molecule has 0 aliphatic heterocycles. The van der Waals surface area contributed by atoms with Crippen LogP contribution in [-0.4, -0.2) is 28.2 Å². The van der Waals surface area contributed by atoms with Gasteiger partial charge in [-0.3, -0.25) is 4.57 Å². The van der Waals surface area contributed by atoms with Crippen LogP contribution in [0.4, 0.5) is 3.89 Å². The number of hydrogen-bond donors (Lipinski definition) is 0. The molecule has 17 heavy (non-hydrogen) atoms. The van der Waals surface area contributed by atoms with Crippen molar-refractivity contribution in [2.75, 3.05) is 0 Å². The minimum Gasteiger partial charge on any atom is -0.292 e. The lowest BCUT2D eigenvalue weighted by Gasteiger charge is -2.10. The summed E-state index contributed by atoms with van der Waals surface area (Å²) in [7, 11) is -4.88. The molecule has 0 bridgehead atoms. The Labute approximate surface area is 101 Å². The highest BCUT2D eigenvalue weighted by atomic mass is 32.3. The van der Waals surface area contributed by atoms with Crippen molar-refractivity contribution in [2.45, 2.75) is 25.0 Å². The van der Waals surface area contributed by atoms with Gasteiger partial charge in [0.1, 0.15) is 5.69 Å². The molecule has 2 heterocycles. The van der Waals surface area contributed by atoms with Gasteiger partial charge in [-0.25, -0.2) is 4.98 Å². The predicted octanol–water partition coefficient (Wildman–Crippen LogP) is 1.64. The fraction of sp³-hybridized carbons (Fsp3) is 0.375. The fourth-order valence-electron chi connectivity index (χ4n) is 1.41. The second kappa shape index (κ2) is 4.15.